The van der Waals surface area contributed by atoms with Crippen molar-refractivity contribution >= 4 is 17.0 Å². The molecule has 1 saturated carbocycles. The molecular weight excluding hydrogens is 190 g/mol. The number of hydrogen-bond donors (Lipinski definition) is 1. The smallest absolute Gasteiger partial charge is 0.00697 e. The van der Waals surface area contributed by atoms with Gasteiger partial charge in [0.2, 0.25) is 0 Å². The van der Waals surface area contributed by atoms with Crippen LogP contribution < -0.4 is 5.32 Å². The second-order valence-electron chi connectivity index (χ2n) is 3.47. The predicted molar refractivity (Wildman–Crippen MR) is 48.7 cm³/mol. The van der Waals surface area contributed by atoms with Crippen LogP contribution in [0.5, 0.6) is 0 Å². The highest BCUT2D eigenvalue weighted by molar-refractivity contribution is 8.93. The summed E-state index contributed by atoms with van der Waals surface area (Å²) in [5.74, 6) is 1.09. The van der Waals surface area contributed by atoms with Crippen LogP contribution in [-0.2, 0) is 0 Å². The van der Waals surface area contributed by atoms with E-state index in [1.54, 1.807) is 0 Å². The monoisotopic (exact) mass is 205 g/mol. The molecule has 1 nitrogen and oxygen atoms in total. The Labute approximate surface area is 73.3 Å². The summed E-state index contributed by atoms with van der Waals surface area (Å²) >= 11 is 0. The summed E-state index contributed by atoms with van der Waals surface area (Å²) in [6, 6.07) is 0.900. The van der Waals surface area contributed by atoms with Gasteiger partial charge in [-0.1, -0.05) is 12.8 Å². The molecule has 2 fully saturated rings. The highest BCUT2D eigenvalue weighted by Crippen LogP contribution is 2.29. The molecule has 2 rings (SSSR count). The Balaban J connectivity index is 0.000000500. The fourth-order valence-electron chi connectivity index (χ4n) is 2.23. The van der Waals surface area contributed by atoms with Gasteiger partial charge >= 0.3 is 0 Å². The van der Waals surface area contributed by atoms with E-state index in [1.807, 2.05) is 0 Å². The topological polar surface area (TPSA) is 12.0 Å². The Morgan fingerprint density at radius 2 is 2.00 bits per heavy atom. The van der Waals surface area contributed by atoms with Crippen LogP contribution in [0.1, 0.15) is 32.1 Å². The molecule has 10 heavy (non-hydrogen) atoms. The molecule has 1 aliphatic carbocycles. The second kappa shape index (κ2) is 3.72. The van der Waals surface area contributed by atoms with Crippen LogP contribution >= 0.6 is 17.0 Å². The number of rotatable bonds is 0. The molecule has 2 aliphatic rings. The SMILES string of the molecule is Br.C1CC2CCNC(C1)C2. The minimum atomic E-state index is 0. The Morgan fingerprint density at radius 3 is 2.70 bits per heavy atom. The van der Waals surface area contributed by atoms with Gasteiger partial charge < -0.3 is 5.32 Å². The molecule has 2 atom stereocenters. The van der Waals surface area contributed by atoms with E-state index < -0.39 is 0 Å². The lowest BCUT2D eigenvalue weighted by molar-refractivity contribution is 0.225. The van der Waals surface area contributed by atoms with Gasteiger partial charge in [0.15, 0.2) is 0 Å². The van der Waals surface area contributed by atoms with E-state index in [0.29, 0.717) is 0 Å². The van der Waals surface area contributed by atoms with Crippen molar-refractivity contribution in [1.82, 2.24) is 5.32 Å². The Kier molecular flexibility index (Phi) is 3.18. The van der Waals surface area contributed by atoms with Crippen LogP contribution in [0.3, 0.4) is 0 Å². The number of nitrogens with one attached hydrogen (secondary N) is 1. The third kappa shape index (κ3) is 1.73. The summed E-state index contributed by atoms with van der Waals surface area (Å²) in [7, 11) is 0. The van der Waals surface area contributed by atoms with E-state index in [9.17, 15) is 0 Å². The zero-order valence-electron chi connectivity index (χ0n) is 6.31. The molecule has 2 heteroatoms. The van der Waals surface area contributed by atoms with Crippen LogP contribution in [0.2, 0.25) is 0 Å². The van der Waals surface area contributed by atoms with Crippen LogP contribution in [0, 0.1) is 5.92 Å². The second-order valence-corrected chi connectivity index (χ2v) is 3.47. The van der Waals surface area contributed by atoms with Crippen molar-refractivity contribution in [2.24, 2.45) is 5.92 Å². The first-order valence-electron chi connectivity index (χ1n) is 4.18. The van der Waals surface area contributed by atoms with E-state index in [2.05, 4.69) is 5.32 Å². The Hall–Kier alpha value is 0.440. The third-order valence-electron chi connectivity index (χ3n) is 2.77. The van der Waals surface area contributed by atoms with Gasteiger partial charge in [-0.2, -0.15) is 0 Å². The van der Waals surface area contributed by atoms with Crippen molar-refractivity contribution in [3.63, 3.8) is 0 Å². The van der Waals surface area contributed by atoms with Gasteiger partial charge in [-0.25, -0.2) is 0 Å². The Bertz CT molecular complexity index is 85.4. The van der Waals surface area contributed by atoms with Crippen molar-refractivity contribution in [3.8, 4) is 0 Å². The summed E-state index contributed by atoms with van der Waals surface area (Å²) < 4.78 is 0. The lowest BCUT2D eigenvalue weighted by atomic mass is 9.81. The van der Waals surface area contributed by atoms with Crippen LogP contribution in [0.25, 0.3) is 0 Å². The summed E-state index contributed by atoms with van der Waals surface area (Å²) in [6.07, 6.45) is 7.34. The lowest BCUT2D eigenvalue weighted by Crippen LogP contribution is -2.40. The molecule has 0 amide bonds. The van der Waals surface area contributed by atoms with E-state index >= 15 is 0 Å². The molecule has 60 valence electrons. The number of halogens is 1. The maximum absolute atomic E-state index is 3.55. The predicted octanol–water partition coefficient (Wildman–Crippen LogP) is 2.12. The molecule has 0 aromatic rings. The quantitative estimate of drug-likeness (QED) is 0.640. The molecule has 1 aliphatic heterocycles. The van der Waals surface area contributed by atoms with Crippen molar-refractivity contribution in [2.75, 3.05) is 6.54 Å². The van der Waals surface area contributed by atoms with Gasteiger partial charge in [0.25, 0.3) is 0 Å². The van der Waals surface area contributed by atoms with Crippen LogP contribution in [0.15, 0.2) is 0 Å². The first-order valence-corrected chi connectivity index (χ1v) is 4.18. The van der Waals surface area contributed by atoms with E-state index in [-0.39, 0.29) is 17.0 Å². The minimum absolute atomic E-state index is 0. The maximum atomic E-state index is 3.55. The molecule has 0 spiro atoms. The average Bonchev–Trinajstić information content (AvgIpc) is 1.88. The fourth-order valence-corrected chi connectivity index (χ4v) is 2.23. The molecular formula is C8H16BrN. The molecule has 2 unspecified atom stereocenters. The fraction of sp³-hybridized carbons (Fsp3) is 1.00. The summed E-state index contributed by atoms with van der Waals surface area (Å²) in [4.78, 5) is 0. The largest absolute Gasteiger partial charge is 0.314 e. The normalized spacial score (nSPS) is 38.4. The Morgan fingerprint density at radius 1 is 1.10 bits per heavy atom. The molecule has 1 N–H and O–H groups in total. The van der Waals surface area contributed by atoms with Crippen molar-refractivity contribution < 1.29 is 0 Å². The van der Waals surface area contributed by atoms with Crippen LogP contribution in [-0.4, -0.2) is 12.6 Å². The number of hydrogen-bond acceptors (Lipinski definition) is 1. The van der Waals surface area contributed by atoms with Gasteiger partial charge in [-0.15, -0.1) is 17.0 Å². The van der Waals surface area contributed by atoms with Gasteiger partial charge in [0.1, 0.15) is 0 Å². The van der Waals surface area contributed by atoms with E-state index in [0.717, 1.165) is 12.0 Å². The third-order valence-corrected chi connectivity index (χ3v) is 2.77. The molecule has 1 heterocycles. The number of fused-ring (bicyclic) bond motifs is 2. The average molecular weight is 206 g/mol. The van der Waals surface area contributed by atoms with Gasteiger partial charge in [0, 0.05) is 6.04 Å². The van der Waals surface area contributed by atoms with Gasteiger partial charge in [-0.3, -0.25) is 0 Å². The standard InChI is InChI=1S/C8H15N.BrH/c1-2-7-4-5-9-8(3-1)6-7;/h7-9H,1-6H2;1H. The lowest BCUT2D eigenvalue weighted by Gasteiger charge is -2.34. The highest BCUT2D eigenvalue weighted by atomic mass is 79.9. The zero-order valence-corrected chi connectivity index (χ0v) is 8.02. The van der Waals surface area contributed by atoms with Gasteiger partial charge in [0.05, 0.1) is 0 Å². The van der Waals surface area contributed by atoms with Crippen molar-refractivity contribution in [3.05, 3.63) is 0 Å². The minimum Gasteiger partial charge on any atom is -0.314 e. The maximum Gasteiger partial charge on any atom is 0.00697 e. The summed E-state index contributed by atoms with van der Waals surface area (Å²) in [5.41, 5.74) is 0. The first-order chi connectivity index (χ1) is 4.45. The zero-order chi connectivity index (χ0) is 6.10. The van der Waals surface area contributed by atoms with Crippen molar-refractivity contribution in [1.29, 1.82) is 0 Å². The highest BCUT2D eigenvalue weighted by Gasteiger charge is 2.24. The summed E-state index contributed by atoms with van der Waals surface area (Å²) in [5, 5.41) is 3.55. The molecule has 0 radical (unpaired) electrons. The first kappa shape index (κ1) is 8.54. The van der Waals surface area contributed by atoms with Gasteiger partial charge in [-0.05, 0) is 31.7 Å². The van der Waals surface area contributed by atoms with Crippen molar-refractivity contribution in [2.45, 2.75) is 38.1 Å². The summed E-state index contributed by atoms with van der Waals surface area (Å²) in [6.45, 7) is 1.29. The molecule has 0 aromatic heterocycles. The number of piperidine rings is 1. The molecule has 0 aromatic carbocycles. The van der Waals surface area contributed by atoms with Crippen LogP contribution in [0.4, 0.5) is 0 Å². The molecule has 1 saturated heterocycles. The van der Waals surface area contributed by atoms with E-state index in [4.69, 9.17) is 0 Å². The van der Waals surface area contributed by atoms with E-state index in [1.165, 1.54) is 38.6 Å². The molecule has 2 bridgehead atoms.